The first-order valence-electron chi connectivity index (χ1n) is 8.98. The Labute approximate surface area is 154 Å². The molecule has 2 aromatic rings. The van der Waals surface area contributed by atoms with E-state index in [1.165, 1.54) is 0 Å². The number of guanidine groups is 1. The molecule has 0 saturated heterocycles. The Bertz CT molecular complexity index is 719. The fraction of sp³-hybridized carbons (Fsp3) is 0.350. The van der Waals surface area contributed by atoms with Gasteiger partial charge in [0, 0.05) is 24.7 Å². The lowest BCUT2D eigenvalue weighted by Crippen LogP contribution is -2.31. The third kappa shape index (κ3) is 5.31. The lowest BCUT2D eigenvalue weighted by Gasteiger charge is -2.14. The first-order valence-corrected chi connectivity index (χ1v) is 8.98. The van der Waals surface area contributed by atoms with Crippen LogP contribution in [0.5, 0.6) is 17.2 Å². The molecule has 138 valence electrons. The van der Waals surface area contributed by atoms with E-state index in [2.05, 4.69) is 15.6 Å². The van der Waals surface area contributed by atoms with E-state index >= 15 is 0 Å². The number of nitrogens with zero attached hydrogens (tertiary/aromatic N) is 1. The quantitative estimate of drug-likeness (QED) is 0.473. The number of anilines is 1. The first-order chi connectivity index (χ1) is 12.8. The molecule has 1 aliphatic rings. The van der Waals surface area contributed by atoms with Gasteiger partial charge >= 0.3 is 0 Å². The number of fused-ring (bicyclic) bond motifs is 1. The second-order valence-corrected chi connectivity index (χ2v) is 5.76. The number of para-hydroxylation sites is 1. The normalized spacial score (nSPS) is 13.7. The van der Waals surface area contributed by atoms with Crippen LogP contribution >= 0.6 is 0 Å². The van der Waals surface area contributed by atoms with Crippen molar-refractivity contribution >= 4 is 11.6 Å². The van der Waals surface area contributed by atoms with Gasteiger partial charge in [0.15, 0.2) is 17.5 Å². The van der Waals surface area contributed by atoms with Crippen LogP contribution in [0.25, 0.3) is 0 Å². The summed E-state index contributed by atoms with van der Waals surface area (Å²) >= 11 is 0. The number of nitrogens with one attached hydrogen (secondary N) is 2. The molecule has 0 saturated carbocycles. The molecule has 0 aromatic heterocycles. The van der Waals surface area contributed by atoms with Crippen molar-refractivity contribution in [3.05, 3.63) is 48.5 Å². The SMILES string of the molecule is CCNC(=NCCOc1ccccc1)Nc1ccc2c(c1)OCCCO2. The van der Waals surface area contributed by atoms with Crippen molar-refractivity contribution in [2.45, 2.75) is 13.3 Å². The van der Waals surface area contributed by atoms with Gasteiger partial charge in [-0.2, -0.15) is 0 Å². The van der Waals surface area contributed by atoms with E-state index in [-0.39, 0.29) is 0 Å². The molecule has 0 radical (unpaired) electrons. The monoisotopic (exact) mass is 355 g/mol. The summed E-state index contributed by atoms with van der Waals surface area (Å²) in [5.41, 5.74) is 0.901. The summed E-state index contributed by atoms with van der Waals surface area (Å²) in [5.74, 6) is 3.10. The summed E-state index contributed by atoms with van der Waals surface area (Å²) in [7, 11) is 0. The lowest BCUT2D eigenvalue weighted by atomic mass is 10.3. The van der Waals surface area contributed by atoms with Gasteiger partial charge in [0.1, 0.15) is 12.4 Å². The van der Waals surface area contributed by atoms with Crippen molar-refractivity contribution in [1.82, 2.24) is 5.32 Å². The molecule has 0 unspecified atom stereocenters. The maximum absolute atomic E-state index is 5.73. The number of rotatable bonds is 6. The van der Waals surface area contributed by atoms with Crippen LogP contribution < -0.4 is 24.8 Å². The Morgan fingerprint density at radius 1 is 1.08 bits per heavy atom. The van der Waals surface area contributed by atoms with E-state index in [1.54, 1.807) is 0 Å². The van der Waals surface area contributed by atoms with Crippen LogP contribution in [0.2, 0.25) is 0 Å². The molecule has 0 bridgehead atoms. The first kappa shape index (κ1) is 17.9. The zero-order valence-corrected chi connectivity index (χ0v) is 15.0. The average molecular weight is 355 g/mol. The molecule has 2 aromatic carbocycles. The Kier molecular flexibility index (Phi) is 6.59. The Hall–Kier alpha value is -2.89. The summed E-state index contributed by atoms with van der Waals surface area (Å²) in [6, 6.07) is 15.6. The molecule has 6 heteroatoms. The molecule has 0 amide bonds. The molecule has 0 spiro atoms. The largest absolute Gasteiger partial charge is 0.492 e. The van der Waals surface area contributed by atoms with Gasteiger partial charge < -0.3 is 24.8 Å². The number of aliphatic imine (C=N–C) groups is 1. The fourth-order valence-electron chi connectivity index (χ4n) is 2.52. The minimum atomic E-state index is 0.516. The molecule has 1 aliphatic heterocycles. The second-order valence-electron chi connectivity index (χ2n) is 5.76. The lowest BCUT2D eigenvalue weighted by molar-refractivity contribution is 0.297. The van der Waals surface area contributed by atoms with Crippen molar-refractivity contribution in [3.63, 3.8) is 0 Å². The van der Waals surface area contributed by atoms with E-state index < -0.39 is 0 Å². The number of ether oxygens (including phenoxy) is 3. The van der Waals surface area contributed by atoms with E-state index in [0.29, 0.717) is 32.3 Å². The molecule has 3 rings (SSSR count). The van der Waals surface area contributed by atoms with Gasteiger partial charge in [0.25, 0.3) is 0 Å². The fourth-order valence-corrected chi connectivity index (χ4v) is 2.52. The van der Waals surface area contributed by atoms with E-state index in [4.69, 9.17) is 14.2 Å². The van der Waals surface area contributed by atoms with Gasteiger partial charge in [-0.05, 0) is 31.2 Å². The van der Waals surface area contributed by atoms with E-state index in [0.717, 1.165) is 35.9 Å². The third-order valence-electron chi connectivity index (χ3n) is 3.73. The van der Waals surface area contributed by atoms with Gasteiger partial charge in [-0.3, -0.25) is 0 Å². The maximum atomic E-state index is 5.73. The predicted octanol–water partition coefficient (Wildman–Crippen LogP) is 3.30. The van der Waals surface area contributed by atoms with Crippen LogP contribution in [0.4, 0.5) is 5.69 Å². The highest BCUT2D eigenvalue weighted by Gasteiger charge is 2.11. The number of benzene rings is 2. The minimum Gasteiger partial charge on any atom is -0.492 e. The van der Waals surface area contributed by atoms with Crippen molar-refractivity contribution in [2.24, 2.45) is 4.99 Å². The predicted molar refractivity (Wildman–Crippen MR) is 104 cm³/mol. The highest BCUT2D eigenvalue weighted by atomic mass is 16.5. The number of hydrogen-bond acceptors (Lipinski definition) is 4. The van der Waals surface area contributed by atoms with Crippen LogP contribution in [0.15, 0.2) is 53.5 Å². The topological polar surface area (TPSA) is 64.1 Å². The maximum Gasteiger partial charge on any atom is 0.195 e. The highest BCUT2D eigenvalue weighted by molar-refractivity contribution is 5.93. The molecular formula is C20H25N3O3. The third-order valence-corrected chi connectivity index (χ3v) is 3.73. The molecular weight excluding hydrogens is 330 g/mol. The Morgan fingerprint density at radius 2 is 1.88 bits per heavy atom. The molecule has 1 heterocycles. The van der Waals surface area contributed by atoms with Crippen LogP contribution in [0.3, 0.4) is 0 Å². The van der Waals surface area contributed by atoms with Crippen molar-refractivity contribution in [3.8, 4) is 17.2 Å². The van der Waals surface area contributed by atoms with E-state index in [9.17, 15) is 0 Å². The molecule has 26 heavy (non-hydrogen) atoms. The van der Waals surface area contributed by atoms with Crippen molar-refractivity contribution in [1.29, 1.82) is 0 Å². The molecule has 6 nitrogen and oxygen atoms in total. The van der Waals surface area contributed by atoms with Gasteiger partial charge in [-0.25, -0.2) is 4.99 Å². The van der Waals surface area contributed by atoms with Gasteiger partial charge in [-0.1, -0.05) is 18.2 Å². The zero-order valence-electron chi connectivity index (χ0n) is 15.0. The van der Waals surface area contributed by atoms with Crippen LogP contribution in [-0.4, -0.2) is 38.9 Å². The van der Waals surface area contributed by atoms with Crippen LogP contribution in [-0.2, 0) is 0 Å². The Morgan fingerprint density at radius 3 is 2.69 bits per heavy atom. The van der Waals surface area contributed by atoms with E-state index in [1.807, 2.05) is 55.5 Å². The zero-order chi connectivity index (χ0) is 18.0. The average Bonchev–Trinajstić information content (AvgIpc) is 2.91. The van der Waals surface area contributed by atoms with Gasteiger partial charge in [0.05, 0.1) is 19.8 Å². The minimum absolute atomic E-state index is 0.516. The van der Waals surface area contributed by atoms with Crippen molar-refractivity contribution in [2.75, 3.05) is 38.2 Å². The standard InChI is InChI=1S/C20H25N3O3/c1-2-21-20(22-11-14-24-17-7-4-3-5-8-17)23-16-9-10-18-19(15-16)26-13-6-12-25-18/h3-5,7-10,15H,2,6,11-14H2,1H3,(H2,21,22,23). The molecule has 2 N–H and O–H groups in total. The van der Waals surface area contributed by atoms with Crippen LogP contribution in [0, 0.1) is 0 Å². The van der Waals surface area contributed by atoms with Gasteiger partial charge in [-0.15, -0.1) is 0 Å². The summed E-state index contributed by atoms with van der Waals surface area (Å²) in [6.07, 6.45) is 0.892. The summed E-state index contributed by atoms with van der Waals surface area (Å²) in [6.45, 7) is 5.23. The molecule has 0 atom stereocenters. The van der Waals surface area contributed by atoms with Gasteiger partial charge in [0.2, 0.25) is 0 Å². The Balaban J connectivity index is 1.58. The second kappa shape index (κ2) is 9.56. The molecule has 0 aliphatic carbocycles. The molecule has 0 fully saturated rings. The smallest absolute Gasteiger partial charge is 0.195 e. The van der Waals surface area contributed by atoms with Crippen LogP contribution in [0.1, 0.15) is 13.3 Å². The highest BCUT2D eigenvalue weighted by Crippen LogP contribution is 2.32. The van der Waals surface area contributed by atoms with Crippen molar-refractivity contribution < 1.29 is 14.2 Å². The summed E-state index contributed by atoms with van der Waals surface area (Å²) in [5, 5.41) is 6.53. The number of hydrogen-bond donors (Lipinski definition) is 2. The summed E-state index contributed by atoms with van der Waals surface area (Å²) < 4.78 is 17.1. The summed E-state index contributed by atoms with van der Waals surface area (Å²) in [4.78, 5) is 4.55.